The fourth-order valence-electron chi connectivity index (χ4n) is 1.48. The molecule has 0 bridgehead atoms. The van der Waals surface area contributed by atoms with E-state index in [1.54, 1.807) is 4.90 Å². The van der Waals surface area contributed by atoms with E-state index < -0.39 is 0 Å². The average molecular weight is 216 g/mol. The van der Waals surface area contributed by atoms with Crippen molar-refractivity contribution in [2.45, 2.75) is 39.0 Å². The molecule has 2 N–H and O–H groups in total. The molecule has 2 atom stereocenters. The summed E-state index contributed by atoms with van der Waals surface area (Å²) in [5.41, 5.74) is 5.51. The minimum absolute atomic E-state index is 0.0547. The SMILES string of the molecule is CC(C)OC(=O)N1CC(CN)OCC1C. The smallest absolute Gasteiger partial charge is 0.410 e. The quantitative estimate of drug-likeness (QED) is 0.733. The van der Waals surface area contributed by atoms with E-state index in [-0.39, 0.29) is 24.3 Å². The lowest BCUT2D eigenvalue weighted by molar-refractivity contribution is -0.0526. The average Bonchev–Trinajstić information content (AvgIpc) is 2.17. The molecule has 1 rings (SSSR count). The van der Waals surface area contributed by atoms with Crippen LogP contribution >= 0.6 is 0 Å². The van der Waals surface area contributed by atoms with E-state index in [1.807, 2.05) is 20.8 Å². The van der Waals surface area contributed by atoms with Crippen molar-refractivity contribution < 1.29 is 14.3 Å². The molecule has 0 aromatic rings. The molecule has 1 aliphatic heterocycles. The van der Waals surface area contributed by atoms with Crippen LogP contribution < -0.4 is 5.73 Å². The number of hydrogen-bond acceptors (Lipinski definition) is 4. The van der Waals surface area contributed by atoms with E-state index in [4.69, 9.17) is 15.2 Å². The lowest BCUT2D eigenvalue weighted by Crippen LogP contribution is -2.53. The van der Waals surface area contributed by atoms with Gasteiger partial charge in [0.15, 0.2) is 0 Å². The standard InChI is InChI=1S/C10H20N2O3/c1-7(2)15-10(13)12-5-9(4-11)14-6-8(12)3/h7-9H,4-6,11H2,1-3H3. The van der Waals surface area contributed by atoms with Gasteiger partial charge in [0.2, 0.25) is 0 Å². The highest BCUT2D eigenvalue weighted by Gasteiger charge is 2.30. The van der Waals surface area contributed by atoms with E-state index in [0.29, 0.717) is 19.7 Å². The Morgan fingerprint density at radius 2 is 2.33 bits per heavy atom. The van der Waals surface area contributed by atoms with Crippen molar-refractivity contribution in [1.82, 2.24) is 4.90 Å². The first-order valence-electron chi connectivity index (χ1n) is 5.33. The molecule has 0 spiro atoms. The Labute approximate surface area is 90.5 Å². The maximum absolute atomic E-state index is 11.7. The number of rotatable bonds is 2. The first-order valence-corrected chi connectivity index (χ1v) is 5.33. The Morgan fingerprint density at radius 1 is 1.67 bits per heavy atom. The van der Waals surface area contributed by atoms with Crippen LogP contribution in [-0.4, -0.2) is 48.9 Å². The summed E-state index contributed by atoms with van der Waals surface area (Å²) in [5, 5.41) is 0. The summed E-state index contributed by atoms with van der Waals surface area (Å²) in [6.45, 7) is 7.08. The van der Waals surface area contributed by atoms with Gasteiger partial charge in [0.05, 0.1) is 31.4 Å². The highest BCUT2D eigenvalue weighted by molar-refractivity contribution is 5.68. The van der Waals surface area contributed by atoms with Crippen LogP contribution in [0.2, 0.25) is 0 Å². The topological polar surface area (TPSA) is 64.8 Å². The normalized spacial score (nSPS) is 26.9. The molecule has 15 heavy (non-hydrogen) atoms. The van der Waals surface area contributed by atoms with Crippen LogP contribution in [0.25, 0.3) is 0 Å². The third-order valence-electron chi connectivity index (χ3n) is 2.34. The Balaban J connectivity index is 2.53. The molecule has 1 aliphatic rings. The molecule has 1 fully saturated rings. The Kier molecular flexibility index (Phi) is 4.35. The molecule has 2 unspecified atom stereocenters. The number of carbonyl (C=O) groups is 1. The highest BCUT2D eigenvalue weighted by Crippen LogP contribution is 2.13. The van der Waals surface area contributed by atoms with Crippen molar-refractivity contribution in [3.05, 3.63) is 0 Å². The van der Waals surface area contributed by atoms with Gasteiger partial charge in [0, 0.05) is 6.54 Å². The van der Waals surface area contributed by atoms with Crippen molar-refractivity contribution >= 4 is 6.09 Å². The van der Waals surface area contributed by atoms with Gasteiger partial charge < -0.3 is 20.1 Å². The van der Waals surface area contributed by atoms with Gasteiger partial charge in [0.1, 0.15) is 0 Å². The molecule has 88 valence electrons. The van der Waals surface area contributed by atoms with Gasteiger partial charge in [-0.15, -0.1) is 0 Å². The van der Waals surface area contributed by atoms with Crippen molar-refractivity contribution in [1.29, 1.82) is 0 Å². The molecular formula is C10H20N2O3. The zero-order chi connectivity index (χ0) is 11.4. The number of amides is 1. The summed E-state index contributed by atoms with van der Waals surface area (Å²) in [7, 11) is 0. The maximum Gasteiger partial charge on any atom is 0.410 e. The molecule has 0 aromatic heterocycles. The Morgan fingerprint density at radius 3 is 2.87 bits per heavy atom. The summed E-state index contributed by atoms with van der Waals surface area (Å²) in [4.78, 5) is 13.4. The molecule has 1 saturated heterocycles. The second-order valence-corrected chi connectivity index (χ2v) is 4.12. The van der Waals surface area contributed by atoms with E-state index in [0.717, 1.165) is 0 Å². The van der Waals surface area contributed by atoms with Crippen molar-refractivity contribution in [3.63, 3.8) is 0 Å². The molecule has 0 aliphatic carbocycles. The van der Waals surface area contributed by atoms with Crippen LogP contribution in [0.1, 0.15) is 20.8 Å². The van der Waals surface area contributed by atoms with Crippen molar-refractivity contribution in [3.8, 4) is 0 Å². The monoisotopic (exact) mass is 216 g/mol. The fraction of sp³-hybridized carbons (Fsp3) is 0.900. The third-order valence-corrected chi connectivity index (χ3v) is 2.34. The minimum Gasteiger partial charge on any atom is -0.447 e. The van der Waals surface area contributed by atoms with Crippen molar-refractivity contribution in [2.75, 3.05) is 19.7 Å². The van der Waals surface area contributed by atoms with Crippen molar-refractivity contribution in [2.24, 2.45) is 5.73 Å². The van der Waals surface area contributed by atoms with E-state index in [9.17, 15) is 4.79 Å². The molecule has 1 amide bonds. The maximum atomic E-state index is 11.7. The summed E-state index contributed by atoms with van der Waals surface area (Å²) >= 11 is 0. The van der Waals surface area contributed by atoms with Gasteiger partial charge in [-0.25, -0.2) is 4.79 Å². The number of ether oxygens (including phenoxy) is 2. The van der Waals surface area contributed by atoms with Gasteiger partial charge >= 0.3 is 6.09 Å². The molecule has 0 radical (unpaired) electrons. The molecule has 1 heterocycles. The number of carbonyl (C=O) groups excluding carboxylic acids is 1. The number of hydrogen-bond donors (Lipinski definition) is 1. The summed E-state index contributed by atoms with van der Waals surface area (Å²) in [5.74, 6) is 0. The molecule has 0 saturated carbocycles. The molecule has 5 nitrogen and oxygen atoms in total. The third kappa shape index (κ3) is 3.35. The lowest BCUT2D eigenvalue weighted by atomic mass is 10.2. The minimum atomic E-state index is -0.278. The summed E-state index contributed by atoms with van der Waals surface area (Å²) in [6.07, 6.45) is -0.441. The predicted octanol–water partition coefficient (Wildman–Crippen LogP) is 0.579. The second-order valence-electron chi connectivity index (χ2n) is 4.12. The lowest BCUT2D eigenvalue weighted by Gasteiger charge is -2.37. The van der Waals surface area contributed by atoms with Crippen LogP contribution in [0.5, 0.6) is 0 Å². The molecular weight excluding hydrogens is 196 g/mol. The van der Waals surface area contributed by atoms with Gasteiger partial charge in [0.25, 0.3) is 0 Å². The Bertz CT molecular complexity index is 221. The number of morpholine rings is 1. The van der Waals surface area contributed by atoms with Crippen LogP contribution in [0.15, 0.2) is 0 Å². The first-order chi connectivity index (χ1) is 7.04. The van der Waals surface area contributed by atoms with Crippen LogP contribution in [0.4, 0.5) is 4.79 Å². The number of nitrogens with two attached hydrogens (primary N) is 1. The predicted molar refractivity (Wildman–Crippen MR) is 56.6 cm³/mol. The molecule has 0 aromatic carbocycles. The highest BCUT2D eigenvalue weighted by atomic mass is 16.6. The molecule has 5 heteroatoms. The summed E-state index contributed by atoms with van der Waals surface area (Å²) < 4.78 is 10.6. The van der Waals surface area contributed by atoms with Crippen LogP contribution in [0.3, 0.4) is 0 Å². The van der Waals surface area contributed by atoms with Crippen LogP contribution in [0, 0.1) is 0 Å². The zero-order valence-corrected chi connectivity index (χ0v) is 9.60. The number of nitrogens with zero attached hydrogens (tertiary/aromatic N) is 1. The van der Waals surface area contributed by atoms with E-state index >= 15 is 0 Å². The van der Waals surface area contributed by atoms with Gasteiger partial charge in [-0.1, -0.05) is 0 Å². The first kappa shape index (κ1) is 12.3. The van der Waals surface area contributed by atoms with Gasteiger partial charge in [-0.2, -0.15) is 0 Å². The summed E-state index contributed by atoms with van der Waals surface area (Å²) in [6, 6.07) is 0.0547. The van der Waals surface area contributed by atoms with E-state index in [1.165, 1.54) is 0 Å². The van der Waals surface area contributed by atoms with Crippen LogP contribution in [-0.2, 0) is 9.47 Å². The zero-order valence-electron chi connectivity index (χ0n) is 9.60. The van der Waals surface area contributed by atoms with Gasteiger partial charge in [-0.05, 0) is 20.8 Å². The second kappa shape index (κ2) is 5.32. The van der Waals surface area contributed by atoms with E-state index in [2.05, 4.69) is 0 Å². The largest absolute Gasteiger partial charge is 0.447 e. The van der Waals surface area contributed by atoms with Gasteiger partial charge in [-0.3, -0.25) is 0 Å². The fourth-order valence-corrected chi connectivity index (χ4v) is 1.48. The Hall–Kier alpha value is -0.810.